The van der Waals surface area contributed by atoms with E-state index in [4.69, 9.17) is 10.5 Å². The number of amides is 1. The molecule has 0 aliphatic rings. The van der Waals surface area contributed by atoms with Crippen molar-refractivity contribution in [1.82, 2.24) is 5.32 Å². The summed E-state index contributed by atoms with van der Waals surface area (Å²) in [6, 6.07) is 7.14. The lowest BCUT2D eigenvalue weighted by Gasteiger charge is -2.16. The number of hydrogen-bond donors (Lipinski definition) is 2. The quantitative estimate of drug-likeness (QED) is 0.827. The molecule has 1 atom stereocenters. The van der Waals surface area contributed by atoms with Gasteiger partial charge in [0.2, 0.25) is 0 Å². The molecule has 0 spiro atoms. The van der Waals surface area contributed by atoms with E-state index in [1.54, 1.807) is 12.1 Å². The van der Waals surface area contributed by atoms with Gasteiger partial charge in [0.1, 0.15) is 5.75 Å². The molecule has 1 aromatic rings. The van der Waals surface area contributed by atoms with Crippen LogP contribution in [0.5, 0.6) is 5.75 Å². The van der Waals surface area contributed by atoms with Crippen molar-refractivity contribution in [3.8, 4) is 5.75 Å². The molecule has 0 aliphatic carbocycles. The Morgan fingerprint density at radius 2 is 2.00 bits per heavy atom. The molecule has 0 radical (unpaired) electrons. The summed E-state index contributed by atoms with van der Waals surface area (Å²) in [6.45, 7) is 8.45. The van der Waals surface area contributed by atoms with Crippen LogP contribution < -0.4 is 15.8 Å². The molecule has 19 heavy (non-hydrogen) atoms. The monoisotopic (exact) mass is 264 g/mol. The van der Waals surface area contributed by atoms with E-state index < -0.39 is 0 Å². The zero-order valence-corrected chi connectivity index (χ0v) is 12.1. The minimum Gasteiger partial charge on any atom is -0.491 e. The standard InChI is InChI=1S/C15H24N2O2/c1-10(2)14(16)9-17-15(18)12-6-5-7-13(8-12)19-11(3)4/h5-8,10-11,14H,9,16H2,1-4H3,(H,17,18). The van der Waals surface area contributed by atoms with Crippen molar-refractivity contribution in [2.75, 3.05) is 6.54 Å². The molecule has 0 heterocycles. The van der Waals surface area contributed by atoms with Crippen LogP contribution in [0, 0.1) is 5.92 Å². The third-order valence-electron chi connectivity index (χ3n) is 2.82. The summed E-state index contributed by atoms with van der Waals surface area (Å²) < 4.78 is 5.56. The molecule has 1 unspecified atom stereocenters. The minimum absolute atomic E-state index is 0.0287. The van der Waals surface area contributed by atoms with Crippen LogP contribution in [0.15, 0.2) is 24.3 Å². The number of carbonyl (C=O) groups is 1. The van der Waals surface area contributed by atoms with Crippen molar-refractivity contribution >= 4 is 5.91 Å². The van der Waals surface area contributed by atoms with Crippen LogP contribution in [0.3, 0.4) is 0 Å². The highest BCUT2D eigenvalue weighted by Gasteiger charge is 2.11. The van der Waals surface area contributed by atoms with Crippen molar-refractivity contribution < 1.29 is 9.53 Å². The second-order valence-electron chi connectivity index (χ2n) is 5.31. The number of nitrogens with one attached hydrogen (secondary N) is 1. The number of carbonyl (C=O) groups excluding carboxylic acids is 1. The first-order valence-corrected chi connectivity index (χ1v) is 6.70. The number of benzene rings is 1. The Labute approximate surface area is 115 Å². The summed E-state index contributed by atoms with van der Waals surface area (Å²) in [7, 11) is 0. The smallest absolute Gasteiger partial charge is 0.251 e. The predicted octanol–water partition coefficient (Wildman–Crippen LogP) is 2.19. The van der Waals surface area contributed by atoms with Gasteiger partial charge in [0.05, 0.1) is 6.10 Å². The SMILES string of the molecule is CC(C)Oc1cccc(C(=O)NCC(N)C(C)C)c1. The zero-order chi connectivity index (χ0) is 14.4. The summed E-state index contributed by atoms with van der Waals surface area (Å²) in [6.07, 6.45) is 0.0904. The van der Waals surface area contributed by atoms with Crippen molar-refractivity contribution in [2.45, 2.75) is 39.8 Å². The molecule has 3 N–H and O–H groups in total. The topological polar surface area (TPSA) is 64.3 Å². The second-order valence-corrected chi connectivity index (χ2v) is 5.31. The Hall–Kier alpha value is -1.55. The Kier molecular flexibility index (Phi) is 5.83. The van der Waals surface area contributed by atoms with Gasteiger partial charge in [-0.15, -0.1) is 0 Å². The fourth-order valence-corrected chi connectivity index (χ4v) is 1.53. The third kappa shape index (κ3) is 5.30. The van der Waals surface area contributed by atoms with E-state index in [0.717, 1.165) is 0 Å². The molecule has 4 heteroatoms. The first kappa shape index (κ1) is 15.5. The van der Waals surface area contributed by atoms with E-state index in [-0.39, 0.29) is 18.1 Å². The molecule has 0 fully saturated rings. The van der Waals surface area contributed by atoms with Gasteiger partial charge in [-0.1, -0.05) is 19.9 Å². The number of nitrogens with two attached hydrogens (primary N) is 1. The van der Waals surface area contributed by atoms with Crippen molar-refractivity contribution in [2.24, 2.45) is 11.7 Å². The Balaban J connectivity index is 2.61. The summed E-state index contributed by atoms with van der Waals surface area (Å²) in [5, 5.41) is 2.84. The van der Waals surface area contributed by atoms with Crippen LogP contribution in [-0.2, 0) is 0 Å². The highest BCUT2D eigenvalue weighted by atomic mass is 16.5. The van der Waals surface area contributed by atoms with Crippen LogP contribution in [0.4, 0.5) is 0 Å². The minimum atomic E-state index is -0.120. The molecule has 4 nitrogen and oxygen atoms in total. The lowest BCUT2D eigenvalue weighted by molar-refractivity contribution is 0.0948. The van der Waals surface area contributed by atoms with Gasteiger partial charge in [-0.3, -0.25) is 4.79 Å². The van der Waals surface area contributed by atoms with Gasteiger partial charge in [-0.05, 0) is 38.0 Å². The molecule has 0 aliphatic heterocycles. The summed E-state index contributed by atoms with van der Waals surface area (Å²) in [5.41, 5.74) is 6.49. The molecule has 1 amide bonds. The number of hydrogen-bond acceptors (Lipinski definition) is 3. The normalized spacial score (nSPS) is 12.6. The summed E-state index contributed by atoms with van der Waals surface area (Å²) in [5.74, 6) is 0.928. The molecule has 1 rings (SSSR count). The lowest BCUT2D eigenvalue weighted by atomic mass is 10.1. The average Bonchev–Trinajstić information content (AvgIpc) is 2.34. The first-order valence-electron chi connectivity index (χ1n) is 6.70. The van der Waals surface area contributed by atoms with Crippen molar-refractivity contribution in [3.63, 3.8) is 0 Å². The van der Waals surface area contributed by atoms with E-state index >= 15 is 0 Å². The van der Waals surface area contributed by atoms with Gasteiger partial charge >= 0.3 is 0 Å². The van der Waals surface area contributed by atoms with Gasteiger partial charge < -0.3 is 15.8 Å². The largest absolute Gasteiger partial charge is 0.491 e. The maximum absolute atomic E-state index is 12.0. The predicted molar refractivity (Wildman–Crippen MR) is 77.4 cm³/mol. The van der Waals surface area contributed by atoms with Crippen LogP contribution in [0.25, 0.3) is 0 Å². The van der Waals surface area contributed by atoms with E-state index in [0.29, 0.717) is 23.8 Å². The Bertz CT molecular complexity index is 416. The zero-order valence-electron chi connectivity index (χ0n) is 12.1. The van der Waals surface area contributed by atoms with Gasteiger partial charge in [0, 0.05) is 18.2 Å². The highest BCUT2D eigenvalue weighted by Crippen LogP contribution is 2.14. The van der Waals surface area contributed by atoms with Crippen molar-refractivity contribution in [1.29, 1.82) is 0 Å². The molecular weight excluding hydrogens is 240 g/mol. The molecule has 1 aromatic carbocycles. The summed E-state index contributed by atoms with van der Waals surface area (Å²) in [4.78, 5) is 12.0. The molecule has 0 saturated carbocycles. The Morgan fingerprint density at radius 3 is 2.58 bits per heavy atom. The van der Waals surface area contributed by atoms with E-state index in [1.807, 2.05) is 39.8 Å². The van der Waals surface area contributed by atoms with Crippen LogP contribution in [-0.4, -0.2) is 24.6 Å². The molecule has 0 saturated heterocycles. The lowest BCUT2D eigenvalue weighted by Crippen LogP contribution is -2.40. The van der Waals surface area contributed by atoms with E-state index in [9.17, 15) is 4.79 Å². The number of rotatable bonds is 6. The molecule has 0 bridgehead atoms. The fraction of sp³-hybridized carbons (Fsp3) is 0.533. The van der Waals surface area contributed by atoms with Gasteiger partial charge in [0.25, 0.3) is 5.91 Å². The molecule has 106 valence electrons. The average molecular weight is 264 g/mol. The van der Waals surface area contributed by atoms with Crippen LogP contribution >= 0.6 is 0 Å². The second kappa shape index (κ2) is 7.14. The third-order valence-corrected chi connectivity index (χ3v) is 2.82. The van der Waals surface area contributed by atoms with Gasteiger partial charge in [-0.25, -0.2) is 0 Å². The van der Waals surface area contributed by atoms with Crippen LogP contribution in [0.1, 0.15) is 38.1 Å². The van der Waals surface area contributed by atoms with E-state index in [2.05, 4.69) is 5.32 Å². The molecular formula is C15H24N2O2. The Morgan fingerprint density at radius 1 is 1.32 bits per heavy atom. The van der Waals surface area contributed by atoms with Gasteiger partial charge in [-0.2, -0.15) is 0 Å². The highest BCUT2D eigenvalue weighted by molar-refractivity contribution is 5.94. The van der Waals surface area contributed by atoms with Crippen molar-refractivity contribution in [3.05, 3.63) is 29.8 Å². The number of ether oxygens (including phenoxy) is 1. The molecule has 0 aromatic heterocycles. The summed E-state index contributed by atoms with van der Waals surface area (Å²) >= 11 is 0. The maximum Gasteiger partial charge on any atom is 0.251 e. The maximum atomic E-state index is 12.0. The first-order chi connectivity index (χ1) is 8.90. The van der Waals surface area contributed by atoms with Gasteiger partial charge in [0.15, 0.2) is 0 Å². The fourth-order valence-electron chi connectivity index (χ4n) is 1.53. The van der Waals surface area contributed by atoms with Crippen LogP contribution in [0.2, 0.25) is 0 Å². The van der Waals surface area contributed by atoms with E-state index in [1.165, 1.54) is 0 Å².